The molecule has 0 amide bonds. The van der Waals surface area contributed by atoms with Gasteiger partial charge in [0.2, 0.25) is 0 Å². The minimum Gasteiger partial charge on any atom is -0.489 e. The van der Waals surface area contributed by atoms with Gasteiger partial charge in [0.1, 0.15) is 18.5 Å². The monoisotopic (exact) mass is 245 g/mol. The Morgan fingerprint density at radius 2 is 2.19 bits per heavy atom. The highest BCUT2D eigenvalue weighted by Gasteiger charge is 2.08. The van der Waals surface area contributed by atoms with Gasteiger partial charge >= 0.3 is 0 Å². The molecular weight excluding hydrogens is 230 g/mol. The Bertz CT molecular complexity index is 344. The molecule has 0 aliphatic rings. The molecule has 0 heterocycles. The number of rotatable bonds is 5. The minimum atomic E-state index is -0.899. The fourth-order valence-corrected chi connectivity index (χ4v) is 1.40. The van der Waals surface area contributed by atoms with E-state index < -0.39 is 6.10 Å². The molecule has 0 saturated heterocycles. The van der Waals surface area contributed by atoms with Crippen LogP contribution >= 0.6 is 11.6 Å². The predicted octanol–water partition coefficient (Wildman–Crippen LogP) is 1.09. The van der Waals surface area contributed by atoms with E-state index in [0.717, 1.165) is 5.56 Å². The zero-order valence-electron chi connectivity index (χ0n) is 9.06. The molecule has 0 aliphatic heterocycles. The fraction of sp³-hybridized carbons (Fsp3) is 0.455. The van der Waals surface area contributed by atoms with Crippen LogP contribution in [0.5, 0.6) is 5.75 Å². The van der Waals surface area contributed by atoms with Crippen molar-refractivity contribution >= 4 is 11.6 Å². The van der Waals surface area contributed by atoms with Gasteiger partial charge < -0.3 is 20.7 Å². The summed E-state index contributed by atoms with van der Waals surface area (Å²) in [4.78, 5) is 0. The van der Waals surface area contributed by atoms with Gasteiger partial charge in [-0.25, -0.2) is 0 Å². The lowest BCUT2D eigenvalue weighted by atomic mass is 10.1. The van der Waals surface area contributed by atoms with E-state index in [9.17, 15) is 0 Å². The van der Waals surface area contributed by atoms with Gasteiger partial charge in [0.05, 0.1) is 11.6 Å². The topological polar surface area (TPSA) is 75.7 Å². The van der Waals surface area contributed by atoms with E-state index in [1.54, 1.807) is 12.1 Å². The Balaban J connectivity index is 2.68. The van der Waals surface area contributed by atoms with Gasteiger partial charge in [0.15, 0.2) is 0 Å². The lowest BCUT2D eigenvalue weighted by Crippen LogP contribution is -2.21. The van der Waals surface area contributed by atoms with Crippen molar-refractivity contribution in [1.82, 2.24) is 0 Å². The second-order valence-electron chi connectivity index (χ2n) is 3.63. The third kappa shape index (κ3) is 3.64. The van der Waals surface area contributed by atoms with Crippen molar-refractivity contribution in [3.05, 3.63) is 28.8 Å². The van der Waals surface area contributed by atoms with Crippen LogP contribution < -0.4 is 10.5 Å². The van der Waals surface area contributed by atoms with Crippen molar-refractivity contribution in [3.8, 4) is 5.75 Å². The standard InChI is InChI=1S/C11H16ClNO3/c1-7(13)8-2-3-11(10(12)4-8)16-6-9(15)5-14/h2-4,7,9,14-15H,5-6,13H2,1H3. The molecule has 2 atom stereocenters. The summed E-state index contributed by atoms with van der Waals surface area (Å²) >= 11 is 5.98. The third-order valence-corrected chi connectivity index (χ3v) is 2.42. The van der Waals surface area contributed by atoms with Crippen LogP contribution in [0.2, 0.25) is 5.02 Å². The molecular formula is C11H16ClNO3. The highest BCUT2D eigenvalue weighted by atomic mass is 35.5. The molecule has 4 N–H and O–H groups in total. The molecule has 0 spiro atoms. The summed E-state index contributed by atoms with van der Waals surface area (Å²) in [5, 5.41) is 18.2. The van der Waals surface area contributed by atoms with Gasteiger partial charge in [-0.15, -0.1) is 0 Å². The Hall–Kier alpha value is -0.810. The molecule has 4 nitrogen and oxygen atoms in total. The van der Waals surface area contributed by atoms with Gasteiger partial charge in [-0.1, -0.05) is 17.7 Å². The molecule has 0 aliphatic carbocycles. The van der Waals surface area contributed by atoms with E-state index in [1.165, 1.54) is 0 Å². The smallest absolute Gasteiger partial charge is 0.138 e. The highest BCUT2D eigenvalue weighted by Crippen LogP contribution is 2.27. The molecule has 5 heteroatoms. The Morgan fingerprint density at radius 1 is 1.50 bits per heavy atom. The first kappa shape index (κ1) is 13.3. The van der Waals surface area contributed by atoms with Crippen molar-refractivity contribution in [3.63, 3.8) is 0 Å². The van der Waals surface area contributed by atoms with E-state index in [4.69, 9.17) is 32.3 Å². The number of aliphatic hydroxyl groups is 2. The van der Waals surface area contributed by atoms with Gasteiger partial charge in [-0.2, -0.15) is 0 Å². The van der Waals surface area contributed by atoms with E-state index in [1.807, 2.05) is 13.0 Å². The largest absolute Gasteiger partial charge is 0.489 e. The molecule has 0 fully saturated rings. The Labute approximate surface area is 99.6 Å². The summed E-state index contributed by atoms with van der Waals surface area (Å²) in [6, 6.07) is 5.16. The molecule has 2 unspecified atom stereocenters. The zero-order valence-corrected chi connectivity index (χ0v) is 9.81. The molecule has 90 valence electrons. The van der Waals surface area contributed by atoms with Crippen molar-refractivity contribution in [2.24, 2.45) is 5.73 Å². The average molecular weight is 246 g/mol. The van der Waals surface area contributed by atoms with Crippen molar-refractivity contribution in [2.75, 3.05) is 13.2 Å². The SMILES string of the molecule is CC(N)c1ccc(OCC(O)CO)c(Cl)c1. The number of hydrogen-bond acceptors (Lipinski definition) is 4. The summed E-state index contributed by atoms with van der Waals surface area (Å²) in [5.41, 5.74) is 6.62. The highest BCUT2D eigenvalue weighted by molar-refractivity contribution is 6.32. The summed E-state index contributed by atoms with van der Waals surface area (Å²) in [6.45, 7) is 1.53. The maximum Gasteiger partial charge on any atom is 0.138 e. The lowest BCUT2D eigenvalue weighted by Gasteiger charge is -2.13. The average Bonchev–Trinajstić information content (AvgIpc) is 2.26. The molecule has 1 rings (SSSR count). The number of ether oxygens (including phenoxy) is 1. The van der Waals surface area contributed by atoms with Crippen molar-refractivity contribution < 1.29 is 14.9 Å². The summed E-state index contributed by atoms with van der Waals surface area (Å²) in [5.74, 6) is 0.471. The number of hydrogen-bond donors (Lipinski definition) is 3. The second kappa shape index (κ2) is 6.06. The van der Waals surface area contributed by atoms with Crippen LogP contribution in [0.4, 0.5) is 0 Å². The molecule has 0 radical (unpaired) electrons. The van der Waals surface area contributed by atoms with Crippen LogP contribution in [-0.4, -0.2) is 29.5 Å². The van der Waals surface area contributed by atoms with E-state index >= 15 is 0 Å². The van der Waals surface area contributed by atoms with Gasteiger partial charge in [-0.3, -0.25) is 0 Å². The second-order valence-corrected chi connectivity index (χ2v) is 4.03. The third-order valence-electron chi connectivity index (χ3n) is 2.12. The quantitative estimate of drug-likeness (QED) is 0.726. The van der Waals surface area contributed by atoms with E-state index in [2.05, 4.69) is 0 Å². The summed E-state index contributed by atoms with van der Waals surface area (Å²) < 4.78 is 5.24. The normalized spacial score (nSPS) is 14.6. The van der Waals surface area contributed by atoms with E-state index in [-0.39, 0.29) is 19.3 Å². The predicted molar refractivity (Wildman–Crippen MR) is 62.6 cm³/mol. The summed E-state index contributed by atoms with van der Waals surface area (Å²) in [7, 11) is 0. The number of benzene rings is 1. The summed E-state index contributed by atoms with van der Waals surface area (Å²) in [6.07, 6.45) is -0.899. The number of aliphatic hydroxyl groups excluding tert-OH is 2. The van der Waals surface area contributed by atoms with Crippen LogP contribution in [-0.2, 0) is 0 Å². The minimum absolute atomic E-state index is 0.00768. The Kier molecular flexibility index (Phi) is 5.02. The van der Waals surface area contributed by atoms with Crippen LogP contribution in [0.1, 0.15) is 18.5 Å². The first-order valence-corrected chi connectivity index (χ1v) is 5.39. The van der Waals surface area contributed by atoms with Crippen molar-refractivity contribution in [1.29, 1.82) is 0 Å². The maximum atomic E-state index is 9.11. The van der Waals surface area contributed by atoms with Crippen LogP contribution in [0.15, 0.2) is 18.2 Å². The number of halogens is 1. The molecule has 0 bridgehead atoms. The van der Waals surface area contributed by atoms with Gasteiger partial charge in [0.25, 0.3) is 0 Å². The molecule has 0 saturated carbocycles. The first-order chi connectivity index (χ1) is 7.54. The van der Waals surface area contributed by atoms with Gasteiger partial charge in [-0.05, 0) is 24.6 Å². The van der Waals surface area contributed by atoms with E-state index in [0.29, 0.717) is 10.8 Å². The van der Waals surface area contributed by atoms with Crippen LogP contribution in [0, 0.1) is 0 Å². The van der Waals surface area contributed by atoms with Crippen LogP contribution in [0.3, 0.4) is 0 Å². The maximum absolute atomic E-state index is 9.11. The van der Waals surface area contributed by atoms with Gasteiger partial charge in [0, 0.05) is 6.04 Å². The zero-order chi connectivity index (χ0) is 12.1. The van der Waals surface area contributed by atoms with Crippen molar-refractivity contribution in [2.45, 2.75) is 19.1 Å². The fourth-order valence-electron chi connectivity index (χ4n) is 1.16. The molecule has 16 heavy (non-hydrogen) atoms. The number of nitrogens with two attached hydrogens (primary N) is 1. The Morgan fingerprint density at radius 3 is 2.69 bits per heavy atom. The lowest BCUT2D eigenvalue weighted by molar-refractivity contribution is 0.0536. The molecule has 0 aromatic heterocycles. The molecule has 1 aromatic rings. The first-order valence-electron chi connectivity index (χ1n) is 5.01. The van der Waals surface area contributed by atoms with Crippen LogP contribution in [0.25, 0.3) is 0 Å². The molecule has 1 aromatic carbocycles.